The number of nitrogens with zero attached hydrogens (tertiary/aromatic N) is 2. The zero-order valence-corrected chi connectivity index (χ0v) is 11.9. The minimum atomic E-state index is -0.430. The molecule has 0 bridgehead atoms. The molecule has 0 aliphatic rings. The molecule has 0 fully saturated rings. The van der Waals surface area contributed by atoms with Crippen LogP contribution in [0.2, 0.25) is 0 Å². The van der Waals surface area contributed by atoms with Gasteiger partial charge in [-0.15, -0.1) is 0 Å². The lowest BCUT2D eigenvalue weighted by Gasteiger charge is -2.10. The van der Waals surface area contributed by atoms with E-state index in [1.807, 2.05) is 6.92 Å². The Labute approximate surface area is 121 Å². The van der Waals surface area contributed by atoms with Crippen molar-refractivity contribution < 1.29 is 9.50 Å². The van der Waals surface area contributed by atoms with E-state index in [1.54, 1.807) is 19.1 Å². The first kappa shape index (κ1) is 14.9. The summed E-state index contributed by atoms with van der Waals surface area (Å²) in [4.78, 5) is 15.8. The van der Waals surface area contributed by atoms with E-state index in [2.05, 4.69) is 16.8 Å². The molecule has 0 aliphatic heterocycles. The smallest absolute Gasteiger partial charge is 0.348 e. The Morgan fingerprint density at radius 3 is 2.71 bits per heavy atom. The van der Waals surface area contributed by atoms with Crippen LogP contribution < -0.4 is 5.69 Å². The molecule has 0 amide bonds. The predicted octanol–water partition coefficient (Wildman–Crippen LogP) is 1.39. The topological polar surface area (TPSA) is 55.1 Å². The average molecular weight is 286 g/mol. The molecule has 2 rings (SSSR count). The number of hydrogen-bond acceptors (Lipinski definition) is 3. The number of hydrogen-bond donors (Lipinski definition) is 1. The number of halogens is 1. The fourth-order valence-corrected chi connectivity index (χ4v) is 2.10. The van der Waals surface area contributed by atoms with Crippen LogP contribution >= 0.6 is 0 Å². The van der Waals surface area contributed by atoms with Crippen LogP contribution in [0.1, 0.15) is 22.5 Å². The summed E-state index contributed by atoms with van der Waals surface area (Å²) in [5.74, 6) is 4.70. The third-order valence-electron chi connectivity index (χ3n) is 2.96. The van der Waals surface area contributed by atoms with Gasteiger partial charge in [0.15, 0.2) is 0 Å². The van der Waals surface area contributed by atoms with Crippen LogP contribution in [0, 0.1) is 31.5 Å². The fraction of sp³-hybridized carbons (Fsp3) is 0.250. The van der Waals surface area contributed by atoms with Crippen LogP contribution in [0.25, 0.3) is 0 Å². The Kier molecular flexibility index (Phi) is 4.51. The summed E-state index contributed by atoms with van der Waals surface area (Å²) >= 11 is 0. The van der Waals surface area contributed by atoms with Crippen molar-refractivity contribution in [2.45, 2.75) is 20.4 Å². The molecular weight excluding hydrogens is 271 g/mol. The second-order valence-corrected chi connectivity index (χ2v) is 4.72. The van der Waals surface area contributed by atoms with E-state index < -0.39 is 5.82 Å². The Bertz CT molecular complexity index is 785. The summed E-state index contributed by atoms with van der Waals surface area (Å²) in [5, 5.41) is 8.68. The van der Waals surface area contributed by atoms with Gasteiger partial charge in [-0.25, -0.2) is 9.18 Å². The van der Waals surface area contributed by atoms with Gasteiger partial charge in [0.2, 0.25) is 0 Å². The van der Waals surface area contributed by atoms with Gasteiger partial charge < -0.3 is 5.11 Å². The zero-order chi connectivity index (χ0) is 15.4. The molecule has 1 aromatic heterocycles. The highest BCUT2D eigenvalue weighted by molar-refractivity contribution is 5.38. The van der Waals surface area contributed by atoms with Gasteiger partial charge in [-0.2, -0.15) is 4.98 Å². The maximum Gasteiger partial charge on any atom is 0.348 e. The maximum atomic E-state index is 13.6. The van der Waals surface area contributed by atoms with Crippen molar-refractivity contribution in [2.24, 2.45) is 0 Å². The van der Waals surface area contributed by atoms with E-state index in [9.17, 15) is 9.18 Å². The van der Waals surface area contributed by atoms with Crippen molar-refractivity contribution in [3.63, 3.8) is 0 Å². The summed E-state index contributed by atoms with van der Waals surface area (Å²) in [5.41, 5.74) is 2.14. The normalized spacial score (nSPS) is 10.1. The number of rotatable bonds is 2. The Balaban J connectivity index is 2.40. The van der Waals surface area contributed by atoms with Crippen LogP contribution in [0.5, 0.6) is 0 Å². The van der Waals surface area contributed by atoms with E-state index in [0.717, 1.165) is 5.69 Å². The highest BCUT2D eigenvalue weighted by atomic mass is 19.1. The lowest BCUT2D eigenvalue weighted by atomic mass is 10.1. The van der Waals surface area contributed by atoms with Gasteiger partial charge in [-0.05, 0) is 43.7 Å². The Hall–Kier alpha value is -2.45. The molecule has 0 aliphatic carbocycles. The lowest BCUT2D eigenvalue weighted by molar-refractivity contribution is 0.350. The Morgan fingerprint density at radius 2 is 2.05 bits per heavy atom. The summed E-state index contributed by atoms with van der Waals surface area (Å²) in [6, 6.07) is 6.13. The van der Waals surface area contributed by atoms with Gasteiger partial charge in [-0.3, -0.25) is 4.57 Å². The van der Waals surface area contributed by atoms with Gasteiger partial charge in [-0.1, -0.05) is 11.8 Å². The maximum absolute atomic E-state index is 13.6. The molecule has 0 unspecified atom stereocenters. The van der Waals surface area contributed by atoms with Crippen molar-refractivity contribution in [1.29, 1.82) is 0 Å². The molecule has 21 heavy (non-hydrogen) atoms. The van der Waals surface area contributed by atoms with Crippen LogP contribution in [0.3, 0.4) is 0 Å². The zero-order valence-electron chi connectivity index (χ0n) is 11.9. The van der Waals surface area contributed by atoms with E-state index in [1.165, 1.54) is 16.7 Å². The summed E-state index contributed by atoms with van der Waals surface area (Å²) < 4.78 is 15.1. The first-order valence-corrected chi connectivity index (χ1v) is 6.44. The second kappa shape index (κ2) is 6.33. The average Bonchev–Trinajstić information content (AvgIpc) is 2.40. The van der Waals surface area contributed by atoms with Crippen molar-refractivity contribution in [3.05, 3.63) is 63.1 Å². The number of aliphatic hydroxyl groups excluding tert-OH is 1. The Morgan fingerprint density at radius 1 is 1.29 bits per heavy atom. The van der Waals surface area contributed by atoms with Gasteiger partial charge in [0.1, 0.15) is 12.4 Å². The van der Waals surface area contributed by atoms with Gasteiger partial charge >= 0.3 is 5.69 Å². The number of aryl methyl sites for hydroxylation is 2. The molecule has 0 radical (unpaired) electrons. The molecule has 1 aromatic carbocycles. The van der Waals surface area contributed by atoms with E-state index in [-0.39, 0.29) is 18.8 Å². The third kappa shape index (κ3) is 3.77. The first-order valence-electron chi connectivity index (χ1n) is 6.44. The molecule has 4 nitrogen and oxygen atoms in total. The van der Waals surface area contributed by atoms with Gasteiger partial charge in [0.25, 0.3) is 0 Å². The monoisotopic (exact) mass is 286 g/mol. The number of benzene rings is 1. The summed E-state index contributed by atoms with van der Waals surface area (Å²) in [6.07, 6.45) is 0. The highest BCUT2D eigenvalue weighted by Crippen LogP contribution is 2.10. The molecule has 1 heterocycles. The molecule has 0 spiro atoms. The standard InChI is InChI=1S/C16H15FN2O2/c1-11-6-12(2)19(16(21)18-11)10-14-7-13(4-3-5-20)8-15(17)9-14/h6-9,20H,5,10H2,1-2H3. The van der Waals surface area contributed by atoms with Crippen LogP contribution in [0.15, 0.2) is 29.1 Å². The molecule has 0 saturated carbocycles. The molecule has 2 aromatic rings. The molecule has 5 heteroatoms. The van der Waals surface area contributed by atoms with Gasteiger partial charge in [0, 0.05) is 17.0 Å². The SMILES string of the molecule is Cc1cc(C)n(Cc2cc(F)cc(C#CCO)c2)c(=O)n1. The third-order valence-corrected chi connectivity index (χ3v) is 2.96. The molecular formula is C16H15FN2O2. The minimum Gasteiger partial charge on any atom is -0.384 e. The minimum absolute atomic E-state index is 0.226. The van der Waals surface area contributed by atoms with Crippen LogP contribution in [0.4, 0.5) is 4.39 Å². The highest BCUT2D eigenvalue weighted by Gasteiger charge is 2.06. The van der Waals surface area contributed by atoms with Crippen molar-refractivity contribution in [1.82, 2.24) is 9.55 Å². The number of aliphatic hydroxyl groups is 1. The molecule has 0 atom stereocenters. The summed E-state index contributed by atoms with van der Waals surface area (Å²) in [7, 11) is 0. The largest absolute Gasteiger partial charge is 0.384 e. The molecule has 0 saturated heterocycles. The van der Waals surface area contributed by atoms with Crippen molar-refractivity contribution >= 4 is 0 Å². The van der Waals surface area contributed by atoms with Crippen LogP contribution in [-0.2, 0) is 6.54 Å². The van der Waals surface area contributed by atoms with Crippen molar-refractivity contribution in [3.8, 4) is 11.8 Å². The lowest BCUT2D eigenvalue weighted by Crippen LogP contribution is -2.26. The van der Waals surface area contributed by atoms with Gasteiger partial charge in [0.05, 0.1) is 6.54 Å². The van der Waals surface area contributed by atoms with Crippen LogP contribution in [-0.4, -0.2) is 21.3 Å². The predicted molar refractivity (Wildman–Crippen MR) is 77.4 cm³/mol. The summed E-state index contributed by atoms with van der Waals surface area (Å²) in [6.45, 7) is 3.50. The molecule has 108 valence electrons. The van der Waals surface area contributed by atoms with E-state index in [0.29, 0.717) is 16.8 Å². The van der Waals surface area contributed by atoms with E-state index in [4.69, 9.17) is 5.11 Å². The van der Waals surface area contributed by atoms with Crippen molar-refractivity contribution in [2.75, 3.05) is 6.61 Å². The first-order chi connectivity index (χ1) is 9.99. The fourth-order valence-electron chi connectivity index (χ4n) is 2.10. The number of aromatic nitrogens is 2. The quantitative estimate of drug-likeness (QED) is 0.849. The molecule has 1 N–H and O–H groups in total. The second-order valence-electron chi connectivity index (χ2n) is 4.72. The van der Waals surface area contributed by atoms with E-state index >= 15 is 0 Å².